The second kappa shape index (κ2) is 6.18. The molecule has 0 radical (unpaired) electrons. The van der Waals surface area contributed by atoms with Crippen molar-refractivity contribution < 1.29 is 0 Å². The standard InChI is InChI=1S/C16H22N4/c1-2-10-20-16(6-9-19-20)15-11-13(5-8-18-15)14-4-3-7-17-12-14/h5-6,8-9,11,14,17H,2-4,7,10,12H2,1H3/t14-/m1/s1. The van der Waals surface area contributed by atoms with Crippen molar-refractivity contribution in [1.82, 2.24) is 20.1 Å². The first kappa shape index (κ1) is 13.3. The lowest BCUT2D eigenvalue weighted by molar-refractivity contribution is 0.461. The van der Waals surface area contributed by atoms with Crippen LogP contribution in [0, 0.1) is 0 Å². The molecule has 4 heteroatoms. The van der Waals surface area contributed by atoms with E-state index in [9.17, 15) is 0 Å². The fraction of sp³-hybridized carbons (Fsp3) is 0.500. The van der Waals surface area contributed by atoms with E-state index in [4.69, 9.17) is 0 Å². The van der Waals surface area contributed by atoms with Gasteiger partial charge in [-0.2, -0.15) is 5.10 Å². The third kappa shape index (κ3) is 2.75. The van der Waals surface area contributed by atoms with Crippen LogP contribution < -0.4 is 5.32 Å². The summed E-state index contributed by atoms with van der Waals surface area (Å²) in [6.45, 7) is 5.34. The van der Waals surface area contributed by atoms with Gasteiger partial charge >= 0.3 is 0 Å². The van der Waals surface area contributed by atoms with E-state index in [1.54, 1.807) is 0 Å². The highest BCUT2D eigenvalue weighted by molar-refractivity contribution is 5.55. The Hall–Kier alpha value is -1.68. The number of aryl methyl sites for hydroxylation is 1. The minimum absolute atomic E-state index is 0.619. The van der Waals surface area contributed by atoms with Gasteiger partial charge in [0, 0.05) is 25.5 Å². The van der Waals surface area contributed by atoms with Gasteiger partial charge in [-0.3, -0.25) is 9.67 Å². The van der Waals surface area contributed by atoms with Crippen molar-refractivity contribution >= 4 is 0 Å². The van der Waals surface area contributed by atoms with Gasteiger partial charge in [-0.1, -0.05) is 6.92 Å². The number of aromatic nitrogens is 3. The van der Waals surface area contributed by atoms with Crippen molar-refractivity contribution in [3.05, 3.63) is 36.2 Å². The van der Waals surface area contributed by atoms with E-state index >= 15 is 0 Å². The molecule has 1 atom stereocenters. The first-order chi connectivity index (χ1) is 9.88. The third-order valence-electron chi connectivity index (χ3n) is 3.97. The number of piperidine rings is 1. The monoisotopic (exact) mass is 270 g/mol. The van der Waals surface area contributed by atoms with E-state index in [2.05, 4.69) is 40.5 Å². The molecule has 2 aromatic heterocycles. The molecule has 0 aliphatic carbocycles. The molecular weight excluding hydrogens is 248 g/mol. The smallest absolute Gasteiger partial charge is 0.0885 e. The van der Waals surface area contributed by atoms with Crippen molar-refractivity contribution in [1.29, 1.82) is 0 Å². The summed E-state index contributed by atoms with van der Waals surface area (Å²) in [6.07, 6.45) is 7.41. The zero-order valence-electron chi connectivity index (χ0n) is 12.0. The zero-order valence-corrected chi connectivity index (χ0v) is 12.0. The van der Waals surface area contributed by atoms with Gasteiger partial charge in [0.25, 0.3) is 0 Å². The summed E-state index contributed by atoms with van der Waals surface area (Å²) in [5, 5.41) is 7.87. The maximum absolute atomic E-state index is 4.54. The van der Waals surface area contributed by atoms with Crippen LogP contribution in [0.15, 0.2) is 30.6 Å². The lowest BCUT2D eigenvalue weighted by atomic mass is 9.92. The summed E-state index contributed by atoms with van der Waals surface area (Å²) in [5.74, 6) is 0.619. The minimum atomic E-state index is 0.619. The molecule has 2 aromatic rings. The van der Waals surface area contributed by atoms with E-state index in [0.717, 1.165) is 37.4 Å². The second-order valence-corrected chi connectivity index (χ2v) is 5.46. The number of rotatable bonds is 4. The van der Waals surface area contributed by atoms with Crippen molar-refractivity contribution in [3.8, 4) is 11.4 Å². The Balaban J connectivity index is 1.88. The lowest BCUT2D eigenvalue weighted by Crippen LogP contribution is -2.28. The minimum Gasteiger partial charge on any atom is -0.316 e. The molecule has 0 bridgehead atoms. The van der Waals surface area contributed by atoms with Crippen LogP contribution in [-0.2, 0) is 6.54 Å². The normalized spacial score (nSPS) is 19.1. The van der Waals surface area contributed by atoms with Crippen LogP contribution in [-0.4, -0.2) is 27.9 Å². The summed E-state index contributed by atoms with van der Waals surface area (Å²) in [7, 11) is 0. The van der Waals surface area contributed by atoms with Crippen LogP contribution in [0.1, 0.15) is 37.7 Å². The molecule has 20 heavy (non-hydrogen) atoms. The van der Waals surface area contributed by atoms with Crippen LogP contribution in [0.25, 0.3) is 11.4 Å². The molecule has 3 heterocycles. The molecule has 4 nitrogen and oxygen atoms in total. The van der Waals surface area contributed by atoms with E-state index in [-0.39, 0.29) is 0 Å². The van der Waals surface area contributed by atoms with Gasteiger partial charge < -0.3 is 5.32 Å². The maximum atomic E-state index is 4.54. The van der Waals surface area contributed by atoms with Crippen molar-refractivity contribution in [2.24, 2.45) is 0 Å². The Morgan fingerprint density at radius 1 is 1.35 bits per heavy atom. The maximum Gasteiger partial charge on any atom is 0.0885 e. The fourth-order valence-electron chi connectivity index (χ4n) is 2.92. The van der Waals surface area contributed by atoms with Gasteiger partial charge in [0.05, 0.1) is 11.4 Å². The number of hydrogen-bond donors (Lipinski definition) is 1. The third-order valence-corrected chi connectivity index (χ3v) is 3.97. The van der Waals surface area contributed by atoms with Crippen LogP contribution in [0.4, 0.5) is 0 Å². The topological polar surface area (TPSA) is 42.7 Å². The Labute approximate surface area is 120 Å². The summed E-state index contributed by atoms with van der Waals surface area (Å²) in [6, 6.07) is 6.45. The fourth-order valence-corrected chi connectivity index (χ4v) is 2.92. The molecular formula is C16H22N4. The average Bonchev–Trinajstić information content (AvgIpc) is 2.97. The van der Waals surface area contributed by atoms with Crippen molar-refractivity contribution in [2.75, 3.05) is 13.1 Å². The SMILES string of the molecule is CCCn1nccc1-c1cc([C@@H]2CCCNC2)ccn1. The zero-order chi connectivity index (χ0) is 13.8. The largest absolute Gasteiger partial charge is 0.316 e. The number of nitrogens with zero attached hydrogens (tertiary/aromatic N) is 3. The predicted molar refractivity (Wildman–Crippen MR) is 80.6 cm³/mol. The highest BCUT2D eigenvalue weighted by Gasteiger charge is 2.16. The van der Waals surface area contributed by atoms with Gasteiger partial charge in [0.2, 0.25) is 0 Å². The summed E-state index contributed by atoms with van der Waals surface area (Å²) in [4.78, 5) is 4.54. The van der Waals surface area contributed by atoms with Crippen molar-refractivity contribution in [2.45, 2.75) is 38.6 Å². The molecule has 0 unspecified atom stereocenters. The van der Waals surface area contributed by atoms with Gasteiger partial charge in [0.15, 0.2) is 0 Å². The van der Waals surface area contributed by atoms with Crippen LogP contribution >= 0.6 is 0 Å². The summed E-state index contributed by atoms with van der Waals surface area (Å²) < 4.78 is 2.05. The lowest BCUT2D eigenvalue weighted by Gasteiger charge is -2.23. The Kier molecular flexibility index (Phi) is 4.11. The number of hydrogen-bond acceptors (Lipinski definition) is 3. The van der Waals surface area contributed by atoms with Gasteiger partial charge in [-0.05, 0) is 55.5 Å². The van der Waals surface area contributed by atoms with E-state index in [0.29, 0.717) is 5.92 Å². The molecule has 1 saturated heterocycles. The molecule has 0 spiro atoms. The highest BCUT2D eigenvalue weighted by atomic mass is 15.3. The first-order valence-electron chi connectivity index (χ1n) is 7.57. The molecule has 3 rings (SSSR count). The predicted octanol–water partition coefficient (Wildman–Crippen LogP) is 2.82. The summed E-state index contributed by atoms with van der Waals surface area (Å²) >= 11 is 0. The molecule has 1 N–H and O–H groups in total. The molecule has 1 fully saturated rings. The molecule has 0 saturated carbocycles. The van der Waals surface area contributed by atoms with Gasteiger partial charge in [-0.15, -0.1) is 0 Å². The molecule has 0 aromatic carbocycles. The Morgan fingerprint density at radius 2 is 2.30 bits per heavy atom. The van der Waals surface area contributed by atoms with Gasteiger partial charge in [-0.25, -0.2) is 0 Å². The molecule has 1 aliphatic heterocycles. The Morgan fingerprint density at radius 3 is 3.10 bits per heavy atom. The average molecular weight is 270 g/mol. The van der Waals surface area contributed by atoms with Crippen LogP contribution in [0.3, 0.4) is 0 Å². The molecule has 106 valence electrons. The molecule has 0 amide bonds. The van der Waals surface area contributed by atoms with E-state index in [1.807, 2.05) is 17.1 Å². The van der Waals surface area contributed by atoms with Crippen LogP contribution in [0.5, 0.6) is 0 Å². The molecule has 1 aliphatic rings. The quantitative estimate of drug-likeness (QED) is 0.929. The number of pyridine rings is 1. The first-order valence-corrected chi connectivity index (χ1v) is 7.57. The Bertz CT molecular complexity index is 555. The van der Waals surface area contributed by atoms with Gasteiger partial charge in [0.1, 0.15) is 0 Å². The van der Waals surface area contributed by atoms with E-state index in [1.165, 1.54) is 18.4 Å². The van der Waals surface area contributed by atoms with Crippen molar-refractivity contribution in [3.63, 3.8) is 0 Å². The number of nitrogens with one attached hydrogen (secondary N) is 1. The van der Waals surface area contributed by atoms with E-state index < -0.39 is 0 Å². The highest BCUT2D eigenvalue weighted by Crippen LogP contribution is 2.26. The van der Waals surface area contributed by atoms with Crippen LogP contribution in [0.2, 0.25) is 0 Å². The summed E-state index contributed by atoms with van der Waals surface area (Å²) in [5.41, 5.74) is 3.56. The second-order valence-electron chi connectivity index (χ2n) is 5.46.